The third-order valence-corrected chi connectivity index (χ3v) is 13.9. The number of imide groups is 1. The van der Waals surface area contributed by atoms with Gasteiger partial charge in [0.25, 0.3) is 17.7 Å². The zero-order valence-electron chi connectivity index (χ0n) is 29.0. The van der Waals surface area contributed by atoms with Crippen LogP contribution in [0.2, 0.25) is 18.1 Å². The number of fused-ring (bicyclic) bond motifs is 1. The third kappa shape index (κ3) is 7.76. The maximum atomic E-state index is 13.3. The number of likely N-dealkylation sites (N-methyl/N-ethyl adjacent to an activating group) is 1. The van der Waals surface area contributed by atoms with E-state index in [0.29, 0.717) is 5.56 Å². The number of carbonyl (C=O) groups excluding carboxylic acids is 4. The predicted octanol–water partition coefficient (Wildman–Crippen LogP) is 2.92. The number of aliphatic hydroxyl groups is 1. The molecule has 2 N–H and O–H groups in total. The first kappa shape index (κ1) is 36.7. The quantitative estimate of drug-likeness (QED) is 0.162. The molecule has 4 amide bonds. The zero-order valence-corrected chi connectivity index (χ0v) is 30.0. The molecule has 2 aromatic carbocycles. The second-order valence-corrected chi connectivity index (χ2v) is 18.6. The first-order valence-corrected chi connectivity index (χ1v) is 19.2. The van der Waals surface area contributed by atoms with E-state index in [1.807, 2.05) is 13.1 Å². The van der Waals surface area contributed by atoms with Crippen LogP contribution in [0.25, 0.3) is 0 Å². The largest absolute Gasteiger partial charge is 0.407 e. The van der Waals surface area contributed by atoms with Gasteiger partial charge in [-0.3, -0.25) is 28.6 Å². The highest BCUT2D eigenvalue weighted by Gasteiger charge is 2.50. The SMILES string of the molecule is CN(CCOC[C@H]1O[C@@H](n2ccc(NC(=O)c3ccccc3)nc2=O)C(O[Si](C)(C)C(C)(C)C)[C@H]1O)C(=O)CN1C(=O)c2ccccc2C1=O. The minimum Gasteiger partial charge on any atom is -0.407 e. The Morgan fingerprint density at radius 1 is 1.00 bits per heavy atom. The lowest BCUT2D eigenvalue weighted by Crippen LogP contribution is -2.49. The molecule has 1 saturated heterocycles. The molecule has 15 heteroatoms. The van der Waals surface area contributed by atoms with Gasteiger partial charge in [-0.2, -0.15) is 4.98 Å². The van der Waals surface area contributed by atoms with Gasteiger partial charge in [0.1, 0.15) is 30.7 Å². The summed E-state index contributed by atoms with van der Waals surface area (Å²) < 4.78 is 19.8. The molecular formula is C35H43N5O9Si. The average molecular weight is 706 g/mol. The van der Waals surface area contributed by atoms with Crippen LogP contribution < -0.4 is 11.0 Å². The lowest BCUT2D eigenvalue weighted by molar-refractivity contribution is -0.131. The average Bonchev–Trinajstić information content (AvgIpc) is 3.50. The zero-order chi connectivity index (χ0) is 36.4. The Balaban J connectivity index is 1.22. The van der Waals surface area contributed by atoms with E-state index in [2.05, 4.69) is 31.1 Å². The van der Waals surface area contributed by atoms with E-state index < -0.39 is 68.7 Å². The number of carbonyl (C=O) groups is 4. The first-order valence-electron chi connectivity index (χ1n) is 16.3. The number of nitrogens with one attached hydrogen (secondary N) is 1. The van der Waals surface area contributed by atoms with E-state index in [0.717, 1.165) is 4.90 Å². The number of rotatable bonds is 12. The molecule has 50 heavy (non-hydrogen) atoms. The van der Waals surface area contributed by atoms with E-state index >= 15 is 0 Å². The van der Waals surface area contributed by atoms with Gasteiger partial charge in [0.15, 0.2) is 14.5 Å². The van der Waals surface area contributed by atoms with E-state index in [9.17, 15) is 29.1 Å². The molecule has 0 aliphatic carbocycles. The van der Waals surface area contributed by atoms with Crippen molar-refractivity contribution in [3.8, 4) is 0 Å². The summed E-state index contributed by atoms with van der Waals surface area (Å²) in [6, 6.07) is 16.4. The number of ether oxygens (including phenoxy) is 2. The first-order chi connectivity index (χ1) is 23.6. The maximum Gasteiger partial charge on any atom is 0.351 e. The molecule has 0 spiro atoms. The molecule has 3 heterocycles. The van der Waals surface area contributed by atoms with Gasteiger partial charge >= 0.3 is 5.69 Å². The molecule has 0 bridgehead atoms. The van der Waals surface area contributed by atoms with Gasteiger partial charge in [-0.05, 0) is 48.5 Å². The van der Waals surface area contributed by atoms with Crippen molar-refractivity contribution in [2.24, 2.45) is 0 Å². The topological polar surface area (TPSA) is 170 Å². The van der Waals surface area contributed by atoms with Crippen LogP contribution in [-0.2, 0) is 18.7 Å². The van der Waals surface area contributed by atoms with Crippen molar-refractivity contribution in [3.63, 3.8) is 0 Å². The number of nitrogens with zero attached hydrogens (tertiary/aromatic N) is 4. The second-order valence-electron chi connectivity index (χ2n) is 13.9. The minimum atomic E-state index is -2.49. The van der Waals surface area contributed by atoms with E-state index in [4.69, 9.17) is 13.9 Å². The molecule has 2 aliphatic heterocycles. The van der Waals surface area contributed by atoms with Crippen molar-refractivity contribution in [1.29, 1.82) is 0 Å². The fourth-order valence-corrected chi connectivity index (χ4v) is 6.63. The molecule has 4 atom stereocenters. The van der Waals surface area contributed by atoms with Crippen molar-refractivity contribution < 1.29 is 38.2 Å². The standard InChI is InChI=1S/C35H43N5O9Si/c1-35(2,3)50(5,6)49-29-28(42)25(48-33(29)39-17-16-26(37-34(39)46)36-30(43)22-12-8-7-9-13-22)21-47-19-18-38(4)27(41)20-40-31(44)23-14-10-11-15-24(23)32(40)45/h7-17,25,28-29,33,42H,18-21H2,1-6H3,(H,36,37,43,46)/t25-,28+,29?,33-/m1/s1. The van der Waals surface area contributed by atoms with Gasteiger partial charge in [-0.1, -0.05) is 51.1 Å². The number of benzene rings is 2. The van der Waals surface area contributed by atoms with Crippen molar-refractivity contribution >= 4 is 37.8 Å². The van der Waals surface area contributed by atoms with Gasteiger partial charge in [0, 0.05) is 25.4 Å². The Morgan fingerprint density at radius 3 is 2.22 bits per heavy atom. The molecule has 3 aromatic rings. The van der Waals surface area contributed by atoms with Gasteiger partial charge < -0.3 is 29.2 Å². The number of hydrogen-bond donors (Lipinski definition) is 2. The molecule has 1 unspecified atom stereocenters. The van der Waals surface area contributed by atoms with Crippen LogP contribution in [-0.4, -0.2) is 108 Å². The van der Waals surface area contributed by atoms with E-state index in [-0.39, 0.29) is 41.7 Å². The third-order valence-electron chi connectivity index (χ3n) is 9.38. The molecule has 266 valence electrons. The summed E-state index contributed by atoms with van der Waals surface area (Å²) >= 11 is 0. The molecule has 14 nitrogen and oxygen atoms in total. The fraction of sp³-hybridized carbons (Fsp3) is 0.429. The molecular weight excluding hydrogens is 662 g/mol. The summed E-state index contributed by atoms with van der Waals surface area (Å²) in [5, 5.41) is 13.9. The molecule has 5 rings (SSSR count). The molecule has 0 saturated carbocycles. The van der Waals surface area contributed by atoms with Crippen molar-refractivity contribution in [2.45, 2.75) is 63.4 Å². The predicted molar refractivity (Wildman–Crippen MR) is 185 cm³/mol. The maximum absolute atomic E-state index is 13.3. The number of aromatic nitrogens is 2. The van der Waals surface area contributed by atoms with E-state index in [1.54, 1.807) is 54.6 Å². The molecule has 2 aliphatic rings. The summed E-state index contributed by atoms with van der Waals surface area (Å²) in [4.78, 5) is 70.4. The lowest BCUT2D eigenvalue weighted by atomic mass is 10.1. The Labute approximate surface area is 291 Å². The lowest BCUT2D eigenvalue weighted by Gasteiger charge is -2.40. The normalized spacial score (nSPS) is 20.6. The van der Waals surface area contributed by atoms with Gasteiger partial charge in [-0.15, -0.1) is 0 Å². The Bertz CT molecular complexity index is 1770. The van der Waals surface area contributed by atoms with Crippen molar-refractivity contribution in [2.75, 3.05) is 38.7 Å². The van der Waals surface area contributed by atoms with E-state index in [1.165, 1.54) is 28.8 Å². The molecule has 1 aromatic heterocycles. The summed E-state index contributed by atoms with van der Waals surface area (Å²) in [5.74, 6) is -1.84. The van der Waals surface area contributed by atoms with Gasteiger partial charge in [0.05, 0.1) is 24.3 Å². The molecule has 0 radical (unpaired) electrons. The number of anilines is 1. The van der Waals surface area contributed by atoms with Crippen molar-refractivity contribution in [3.05, 3.63) is 94.0 Å². The van der Waals surface area contributed by atoms with Crippen LogP contribution in [0.5, 0.6) is 0 Å². The number of hydrogen-bond acceptors (Lipinski definition) is 10. The second kappa shape index (κ2) is 14.7. The van der Waals surface area contributed by atoms with Crippen molar-refractivity contribution in [1.82, 2.24) is 19.4 Å². The highest BCUT2D eigenvalue weighted by Crippen LogP contribution is 2.41. The Kier molecular flexibility index (Phi) is 10.8. The number of aliphatic hydroxyl groups excluding tert-OH is 1. The summed E-state index contributed by atoms with van der Waals surface area (Å²) in [6.07, 6.45) is -2.61. The Hall–Kier alpha value is -4.54. The van der Waals surface area contributed by atoms with Crippen LogP contribution in [0.1, 0.15) is 58.1 Å². The fourth-order valence-electron chi connectivity index (χ4n) is 5.34. The van der Waals surface area contributed by atoms with Gasteiger partial charge in [0.2, 0.25) is 5.91 Å². The molecule has 1 fully saturated rings. The Morgan fingerprint density at radius 2 is 1.62 bits per heavy atom. The van der Waals surface area contributed by atoms with Crippen LogP contribution >= 0.6 is 0 Å². The monoisotopic (exact) mass is 705 g/mol. The smallest absolute Gasteiger partial charge is 0.351 e. The van der Waals surface area contributed by atoms with Crippen LogP contribution in [0, 0.1) is 0 Å². The number of amides is 4. The van der Waals surface area contributed by atoms with Crippen LogP contribution in [0.3, 0.4) is 0 Å². The highest BCUT2D eigenvalue weighted by molar-refractivity contribution is 6.74. The van der Waals surface area contributed by atoms with Gasteiger partial charge in [-0.25, -0.2) is 4.79 Å². The van der Waals surface area contributed by atoms with Crippen LogP contribution in [0.4, 0.5) is 5.82 Å². The minimum absolute atomic E-state index is 0.0575. The summed E-state index contributed by atoms with van der Waals surface area (Å²) in [6.45, 7) is 9.94. The highest BCUT2D eigenvalue weighted by atomic mass is 28.4. The van der Waals surface area contributed by atoms with Crippen LogP contribution in [0.15, 0.2) is 71.7 Å². The summed E-state index contributed by atoms with van der Waals surface area (Å²) in [5.41, 5.74) is 0.232. The summed E-state index contributed by atoms with van der Waals surface area (Å²) in [7, 11) is -0.948.